The number of ether oxygens (including phenoxy) is 2. The van der Waals surface area contributed by atoms with E-state index in [2.05, 4.69) is 6.07 Å². The molecule has 3 unspecified atom stereocenters. The number of carbonyl (C=O) groups is 2. The van der Waals surface area contributed by atoms with Crippen LogP contribution in [0.5, 0.6) is 0 Å². The Morgan fingerprint density at radius 1 is 1.36 bits per heavy atom. The van der Waals surface area contributed by atoms with Gasteiger partial charge < -0.3 is 9.47 Å². The Balaban J connectivity index is 5.10. The summed E-state index contributed by atoms with van der Waals surface area (Å²) >= 11 is 0. The fourth-order valence-corrected chi connectivity index (χ4v) is 2.22. The quantitative estimate of drug-likeness (QED) is 0.479. The zero-order valence-electron chi connectivity index (χ0n) is 14.5. The smallest absolute Gasteiger partial charge is 0.311 e. The molecule has 0 aliphatic heterocycles. The molecule has 0 aliphatic carbocycles. The van der Waals surface area contributed by atoms with Crippen molar-refractivity contribution in [3.8, 4) is 6.07 Å². The Hall–Kier alpha value is -1.61. The minimum absolute atomic E-state index is 0.178. The summed E-state index contributed by atoms with van der Waals surface area (Å²) in [6.45, 7) is 5.60. The van der Waals surface area contributed by atoms with Crippen molar-refractivity contribution in [1.29, 1.82) is 5.26 Å². The van der Waals surface area contributed by atoms with Gasteiger partial charge in [-0.25, -0.2) is 0 Å². The van der Waals surface area contributed by atoms with Crippen LogP contribution in [-0.4, -0.2) is 44.8 Å². The monoisotopic (exact) mass is 312 g/mol. The summed E-state index contributed by atoms with van der Waals surface area (Å²) in [7, 11) is 4.93. The molecule has 0 heterocycles. The highest BCUT2D eigenvalue weighted by atomic mass is 16.5. The molecule has 0 saturated heterocycles. The Kier molecular flexibility index (Phi) is 8.73. The molecule has 0 aromatic heterocycles. The maximum Gasteiger partial charge on any atom is 0.311 e. The Bertz CT molecular complexity index is 417. The van der Waals surface area contributed by atoms with Crippen LogP contribution in [0.25, 0.3) is 0 Å². The highest BCUT2D eigenvalue weighted by Gasteiger charge is 2.38. The number of nitrogens with zero attached hydrogens (tertiary/aromatic N) is 2. The van der Waals surface area contributed by atoms with E-state index in [0.717, 1.165) is 0 Å². The van der Waals surface area contributed by atoms with Crippen LogP contribution in [0.15, 0.2) is 0 Å². The van der Waals surface area contributed by atoms with Gasteiger partial charge in [0.25, 0.3) is 0 Å². The first-order valence-electron chi connectivity index (χ1n) is 7.49. The van der Waals surface area contributed by atoms with Crippen LogP contribution in [0.4, 0.5) is 0 Å². The van der Waals surface area contributed by atoms with E-state index in [1.165, 1.54) is 7.11 Å². The van der Waals surface area contributed by atoms with Gasteiger partial charge in [0.05, 0.1) is 24.5 Å². The van der Waals surface area contributed by atoms with Crippen LogP contribution in [0, 0.1) is 28.6 Å². The molecule has 6 nitrogen and oxygen atoms in total. The third kappa shape index (κ3) is 6.44. The summed E-state index contributed by atoms with van der Waals surface area (Å²) in [5.41, 5.74) is -0.758. The van der Waals surface area contributed by atoms with Gasteiger partial charge in [-0.3, -0.25) is 14.5 Å². The Morgan fingerprint density at radius 3 is 2.36 bits per heavy atom. The molecule has 0 saturated carbocycles. The van der Waals surface area contributed by atoms with E-state index in [-0.39, 0.29) is 24.6 Å². The number of rotatable bonds is 9. The molecule has 3 atom stereocenters. The molecule has 0 rings (SSSR count). The summed E-state index contributed by atoms with van der Waals surface area (Å²) in [6.07, 6.45) is 1.24. The predicted molar refractivity (Wildman–Crippen MR) is 82.6 cm³/mol. The third-order valence-electron chi connectivity index (χ3n) is 3.81. The number of hydrogen-bond donors (Lipinski definition) is 0. The molecular formula is C16H28N2O4. The number of carbonyl (C=O) groups excluding carboxylic acids is 2. The van der Waals surface area contributed by atoms with Crippen molar-refractivity contribution in [3.63, 3.8) is 0 Å². The fraction of sp³-hybridized carbons (Fsp3) is 0.812. The van der Waals surface area contributed by atoms with Crippen LogP contribution >= 0.6 is 0 Å². The topological polar surface area (TPSA) is 79.6 Å². The van der Waals surface area contributed by atoms with Crippen LogP contribution in [0.1, 0.15) is 40.0 Å². The number of nitriles is 1. The molecule has 0 fully saturated rings. The molecule has 0 aliphatic rings. The molecule has 0 N–H and O–H groups in total. The third-order valence-corrected chi connectivity index (χ3v) is 3.81. The van der Waals surface area contributed by atoms with Crippen LogP contribution in [-0.2, 0) is 19.1 Å². The van der Waals surface area contributed by atoms with E-state index in [1.54, 1.807) is 32.8 Å². The first-order chi connectivity index (χ1) is 10.2. The largest absolute Gasteiger partial charge is 0.469 e. The maximum atomic E-state index is 12.3. The van der Waals surface area contributed by atoms with Crippen LogP contribution in [0.2, 0.25) is 0 Å². The van der Waals surface area contributed by atoms with E-state index in [9.17, 15) is 9.59 Å². The van der Waals surface area contributed by atoms with Gasteiger partial charge >= 0.3 is 11.9 Å². The van der Waals surface area contributed by atoms with Gasteiger partial charge in [-0.2, -0.15) is 5.26 Å². The summed E-state index contributed by atoms with van der Waals surface area (Å²) < 4.78 is 10.1. The van der Waals surface area contributed by atoms with Crippen molar-refractivity contribution in [2.24, 2.45) is 17.3 Å². The van der Waals surface area contributed by atoms with Gasteiger partial charge in [-0.15, -0.1) is 0 Å². The van der Waals surface area contributed by atoms with Crippen molar-refractivity contribution < 1.29 is 19.1 Å². The zero-order chi connectivity index (χ0) is 17.3. The SMILES string of the molecule is CCC(C)(CC(CC(C)C#N)C(=O)OCN(C)C)C(=O)OC. The van der Waals surface area contributed by atoms with Gasteiger partial charge in [-0.1, -0.05) is 6.92 Å². The second kappa shape index (κ2) is 9.42. The van der Waals surface area contributed by atoms with Crippen LogP contribution < -0.4 is 0 Å². The van der Waals surface area contributed by atoms with Gasteiger partial charge in [0.1, 0.15) is 6.73 Å². The molecule has 0 aromatic rings. The molecule has 0 amide bonds. The zero-order valence-corrected chi connectivity index (χ0v) is 14.5. The summed E-state index contributed by atoms with van der Waals surface area (Å²) in [5.74, 6) is -1.50. The van der Waals surface area contributed by atoms with Gasteiger partial charge in [0.2, 0.25) is 0 Å². The van der Waals surface area contributed by atoms with E-state index in [4.69, 9.17) is 14.7 Å². The van der Waals surface area contributed by atoms with Gasteiger partial charge in [-0.05, 0) is 47.2 Å². The minimum Gasteiger partial charge on any atom is -0.469 e. The lowest BCUT2D eigenvalue weighted by molar-refractivity contribution is -0.159. The standard InChI is InChI=1S/C16H28N2O4/c1-7-16(3,15(20)21-6)9-13(8-12(2)10-17)14(19)22-11-18(4)5/h12-13H,7-9,11H2,1-6H3. The maximum absolute atomic E-state index is 12.3. The number of methoxy groups -OCH3 is 1. The molecule has 0 aromatic carbocycles. The second-order valence-corrected chi connectivity index (χ2v) is 6.24. The fourth-order valence-electron chi connectivity index (χ4n) is 2.22. The van der Waals surface area contributed by atoms with E-state index in [1.807, 2.05) is 6.92 Å². The van der Waals surface area contributed by atoms with Crippen molar-refractivity contribution in [3.05, 3.63) is 0 Å². The molecule has 0 bridgehead atoms. The molecule has 0 spiro atoms. The van der Waals surface area contributed by atoms with E-state index < -0.39 is 11.3 Å². The Morgan fingerprint density at radius 2 is 1.95 bits per heavy atom. The average molecular weight is 312 g/mol. The second-order valence-electron chi connectivity index (χ2n) is 6.24. The van der Waals surface area contributed by atoms with E-state index >= 15 is 0 Å². The molecule has 22 heavy (non-hydrogen) atoms. The van der Waals surface area contributed by atoms with Crippen molar-refractivity contribution in [2.45, 2.75) is 40.0 Å². The lowest BCUT2D eigenvalue weighted by Crippen LogP contribution is -2.35. The van der Waals surface area contributed by atoms with Crippen molar-refractivity contribution in [1.82, 2.24) is 4.90 Å². The predicted octanol–water partition coefficient (Wildman–Crippen LogP) is 2.19. The van der Waals surface area contributed by atoms with Gasteiger partial charge in [0, 0.05) is 5.92 Å². The average Bonchev–Trinajstić information content (AvgIpc) is 2.50. The van der Waals surface area contributed by atoms with Crippen molar-refractivity contribution in [2.75, 3.05) is 27.9 Å². The van der Waals surface area contributed by atoms with Crippen molar-refractivity contribution >= 4 is 11.9 Å². The number of esters is 2. The molecular weight excluding hydrogens is 284 g/mol. The minimum atomic E-state index is -0.758. The first-order valence-corrected chi connectivity index (χ1v) is 7.49. The number of hydrogen-bond acceptors (Lipinski definition) is 6. The molecule has 126 valence electrons. The Labute approximate surface area is 133 Å². The normalized spacial score (nSPS) is 16.3. The van der Waals surface area contributed by atoms with Crippen LogP contribution in [0.3, 0.4) is 0 Å². The lowest BCUT2D eigenvalue weighted by atomic mass is 9.76. The van der Waals surface area contributed by atoms with Gasteiger partial charge in [0.15, 0.2) is 0 Å². The highest BCUT2D eigenvalue weighted by molar-refractivity contribution is 5.78. The van der Waals surface area contributed by atoms with E-state index in [0.29, 0.717) is 19.3 Å². The lowest BCUT2D eigenvalue weighted by Gasteiger charge is -2.29. The first kappa shape index (κ1) is 20.4. The summed E-state index contributed by atoms with van der Waals surface area (Å²) in [4.78, 5) is 26.0. The summed E-state index contributed by atoms with van der Waals surface area (Å²) in [6, 6.07) is 2.13. The molecule has 0 radical (unpaired) electrons. The molecule has 6 heteroatoms. The highest BCUT2D eigenvalue weighted by Crippen LogP contribution is 2.34. The summed E-state index contributed by atoms with van der Waals surface area (Å²) in [5, 5.41) is 8.99.